The van der Waals surface area contributed by atoms with Crippen molar-refractivity contribution >= 4 is 5.78 Å². The minimum atomic E-state index is -0.411. The summed E-state index contributed by atoms with van der Waals surface area (Å²) in [4.78, 5) is 14.4. The standard InChI is InChI=1S/C14H18FNO/c1-11(10-16-8-4-5-9-16)14(17)12-6-2-3-7-13(12)15/h2-3,6-7,11H,4-5,8-10H2,1H3. The lowest BCUT2D eigenvalue weighted by molar-refractivity contribution is 0.0899. The number of carbonyl (C=O) groups is 1. The third-order valence-corrected chi connectivity index (χ3v) is 3.32. The lowest BCUT2D eigenvalue weighted by Gasteiger charge is -2.19. The zero-order valence-corrected chi connectivity index (χ0v) is 10.2. The zero-order chi connectivity index (χ0) is 12.3. The Morgan fingerprint density at radius 3 is 2.65 bits per heavy atom. The highest BCUT2D eigenvalue weighted by Crippen LogP contribution is 2.16. The van der Waals surface area contributed by atoms with Crippen molar-refractivity contribution < 1.29 is 9.18 Å². The van der Waals surface area contributed by atoms with Crippen molar-refractivity contribution in [3.05, 3.63) is 35.6 Å². The highest BCUT2D eigenvalue weighted by atomic mass is 19.1. The van der Waals surface area contributed by atoms with Crippen molar-refractivity contribution in [1.29, 1.82) is 0 Å². The maximum absolute atomic E-state index is 13.5. The van der Waals surface area contributed by atoms with Gasteiger partial charge in [0.05, 0.1) is 5.56 Å². The van der Waals surface area contributed by atoms with Gasteiger partial charge in [0.2, 0.25) is 0 Å². The number of hydrogen-bond donors (Lipinski definition) is 0. The summed E-state index contributed by atoms with van der Waals surface area (Å²) >= 11 is 0. The van der Waals surface area contributed by atoms with E-state index >= 15 is 0 Å². The van der Waals surface area contributed by atoms with Crippen LogP contribution in [-0.4, -0.2) is 30.3 Å². The molecule has 0 aliphatic carbocycles. The van der Waals surface area contributed by atoms with Crippen LogP contribution in [0.5, 0.6) is 0 Å². The van der Waals surface area contributed by atoms with Crippen LogP contribution in [0.1, 0.15) is 30.1 Å². The molecule has 1 aromatic rings. The monoisotopic (exact) mass is 235 g/mol. The van der Waals surface area contributed by atoms with E-state index in [1.54, 1.807) is 18.2 Å². The van der Waals surface area contributed by atoms with E-state index in [-0.39, 0.29) is 17.3 Å². The molecule has 0 amide bonds. The van der Waals surface area contributed by atoms with Crippen LogP contribution < -0.4 is 0 Å². The van der Waals surface area contributed by atoms with Gasteiger partial charge in [-0.25, -0.2) is 4.39 Å². The Bertz CT molecular complexity index is 399. The fraction of sp³-hybridized carbons (Fsp3) is 0.500. The maximum Gasteiger partial charge on any atom is 0.169 e. The zero-order valence-electron chi connectivity index (χ0n) is 10.2. The third kappa shape index (κ3) is 2.91. The van der Waals surface area contributed by atoms with Gasteiger partial charge in [0, 0.05) is 12.5 Å². The number of likely N-dealkylation sites (tertiary alicyclic amines) is 1. The number of benzene rings is 1. The Balaban J connectivity index is 2.01. The number of hydrogen-bond acceptors (Lipinski definition) is 2. The number of carbonyl (C=O) groups excluding carboxylic acids is 1. The highest BCUT2D eigenvalue weighted by molar-refractivity contribution is 5.98. The minimum Gasteiger partial charge on any atom is -0.303 e. The second-order valence-corrected chi connectivity index (χ2v) is 4.75. The molecule has 0 N–H and O–H groups in total. The summed E-state index contributed by atoms with van der Waals surface area (Å²) in [6, 6.07) is 6.23. The first-order valence-electron chi connectivity index (χ1n) is 6.19. The molecule has 0 spiro atoms. The van der Waals surface area contributed by atoms with E-state index in [4.69, 9.17) is 0 Å². The fourth-order valence-electron chi connectivity index (χ4n) is 2.36. The van der Waals surface area contributed by atoms with Gasteiger partial charge in [0.25, 0.3) is 0 Å². The van der Waals surface area contributed by atoms with Crippen LogP contribution >= 0.6 is 0 Å². The molecule has 17 heavy (non-hydrogen) atoms. The Kier molecular flexibility index (Phi) is 3.89. The van der Waals surface area contributed by atoms with E-state index in [1.807, 2.05) is 6.92 Å². The van der Waals surface area contributed by atoms with Crippen molar-refractivity contribution in [3.63, 3.8) is 0 Å². The average Bonchev–Trinajstić information content (AvgIpc) is 2.81. The average molecular weight is 235 g/mol. The molecule has 0 saturated carbocycles. The molecule has 0 bridgehead atoms. The topological polar surface area (TPSA) is 20.3 Å². The van der Waals surface area contributed by atoms with Crippen LogP contribution in [-0.2, 0) is 0 Å². The second kappa shape index (κ2) is 5.41. The Hall–Kier alpha value is -1.22. The molecule has 2 nitrogen and oxygen atoms in total. The van der Waals surface area contributed by atoms with E-state index in [0.29, 0.717) is 0 Å². The van der Waals surface area contributed by atoms with Gasteiger partial charge in [0.15, 0.2) is 5.78 Å². The van der Waals surface area contributed by atoms with E-state index < -0.39 is 5.82 Å². The van der Waals surface area contributed by atoms with Gasteiger partial charge in [0.1, 0.15) is 5.82 Å². The predicted octanol–water partition coefficient (Wildman–Crippen LogP) is 2.74. The van der Waals surface area contributed by atoms with Crippen LogP contribution in [0.4, 0.5) is 4.39 Å². The number of rotatable bonds is 4. The summed E-state index contributed by atoms with van der Waals surface area (Å²) in [5.74, 6) is -0.634. The molecule has 92 valence electrons. The molecule has 2 rings (SSSR count). The molecule has 0 aromatic heterocycles. The SMILES string of the molecule is CC(CN1CCCC1)C(=O)c1ccccc1F. The van der Waals surface area contributed by atoms with Crippen LogP contribution in [0.15, 0.2) is 24.3 Å². The van der Waals surface area contributed by atoms with E-state index in [1.165, 1.54) is 18.9 Å². The minimum absolute atomic E-state index is 0.0880. The first-order chi connectivity index (χ1) is 8.18. The van der Waals surface area contributed by atoms with Gasteiger partial charge >= 0.3 is 0 Å². The summed E-state index contributed by atoms with van der Waals surface area (Å²) < 4.78 is 13.5. The molecule has 1 atom stereocenters. The van der Waals surface area contributed by atoms with Gasteiger partial charge in [-0.05, 0) is 38.1 Å². The first kappa shape index (κ1) is 12.2. The molecule has 1 fully saturated rings. The highest BCUT2D eigenvalue weighted by Gasteiger charge is 2.22. The van der Waals surface area contributed by atoms with Gasteiger partial charge in [-0.15, -0.1) is 0 Å². The van der Waals surface area contributed by atoms with E-state index in [0.717, 1.165) is 19.6 Å². The third-order valence-electron chi connectivity index (χ3n) is 3.32. The van der Waals surface area contributed by atoms with E-state index in [9.17, 15) is 9.18 Å². The van der Waals surface area contributed by atoms with Crippen molar-refractivity contribution in [2.75, 3.05) is 19.6 Å². The molecule has 1 saturated heterocycles. The molecular formula is C14H18FNO. The second-order valence-electron chi connectivity index (χ2n) is 4.75. The van der Waals surface area contributed by atoms with Gasteiger partial charge < -0.3 is 4.90 Å². The molecule has 1 aliphatic rings. The fourth-order valence-corrected chi connectivity index (χ4v) is 2.36. The molecule has 1 aliphatic heterocycles. The van der Waals surface area contributed by atoms with Crippen molar-refractivity contribution in [2.45, 2.75) is 19.8 Å². The normalized spacial score (nSPS) is 18.2. The van der Waals surface area contributed by atoms with Crippen LogP contribution in [0.2, 0.25) is 0 Å². The molecule has 0 radical (unpaired) electrons. The van der Waals surface area contributed by atoms with Crippen LogP contribution in [0, 0.1) is 11.7 Å². The largest absolute Gasteiger partial charge is 0.303 e. The predicted molar refractivity (Wildman–Crippen MR) is 65.6 cm³/mol. The van der Waals surface area contributed by atoms with Gasteiger partial charge in [-0.2, -0.15) is 0 Å². The van der Waals surface area contributed by atoms with Gasteiger partial charge in [-0.1, -0.05) is 19.1 Å². The number of halogens is 1. The molecule has 1 heterocycles. The van der Waals surface area contributed by atoms with Gasteiger partial charge in [-0.3, -0.25) is 4.79 Å². The summed E-state index contributed by atoms with van der Waals surface area (Å²) in [5.41, 5.74) is 0.221. The summed E-state index contributed by atoms with van der Waals surface area (Å²) in [7, 11) is 0. The van der Waals surface area contributed by atoms with E-state index in [2.05, 4.69) is 4.90 Å². The Morgan fingerprint density at radius 2 is 2.00 bits per heavy atom. The molecular weight excluding hydrogens is 217 g/mol. The van der Waals surface area contributed by atoms with Crippen molar-refractivity contribution in [2.24, 2.45) is 5.92 Å². The number of Topliss-reactive ketones (excluding diaryl/α,β-unsaturated/α-hetero) is 1. The Morgan fingerprint density at radius 1 is 1.35 bits per heavy atom. The van der Waals surface area contributed by atoms with Crippen molar-refractivity contribution in [1.82, 2.24) is 4.90 Å². The molecule has 3 heteroatoms. The van der Waals surface area contributed by atoms with Crippen LogP contribution in [0.25, 0.3) is 0 Å². The quantitative estimate of drug-likeness (QED) is 0.748. The lowest BCUT2D eigenvalue weighted by Crippen LogP contribution is -2.29. The number of nitrogens with zero attached hydrogens (tertiary/aromatic N) is 1. The summed E-state index contributed by atoms with van der Waals surface area (Å²) in [6.45, 7) is 4.75. The maximum atomic E-state index is 13.5. The molecule has 1 unspecified atom stereocenters. The lowest BCUT2D eigenvalue weighted by atomic mass is 9.98. The Labute approximate surface area is 101 Å². The number of ketones is 1. The summed E-state index contributed by atoms with van der Waals surface area (Å²) in [6.07, 6.45) is 2.42. The van der Waals surface area contributed by atoms with Crippen LogP contribution in [0.3, 0.4) is 0 Å². The van der Waals surface area contributed by atoms with Crippen molar-refractivity contribution in [3.8, 4) is 0 Å². The smallest absolute Gasteiger partial charge is 0.169 e. The molecule has 1 aromatic carbocycles. The summed E-state index contributed by atoms with van der Waals surface area (Å²) in [5, 5.41) is 0. The first-order valence-corrected chi connectivity index (χ1v) is 6.19.